The number of Topliss-reactive ketones (excluding diaryl/α,β-unsaturated/α-hetero) is 2. The Morgan fingerprint density at radius 2 is 1.76 bits per heavy atom. The first-order chi connectivity index (χ1) is 8.06. The largest absolute Gasteiger partial charge is 0.393 e. The quantitative estimate of drug-likeness (QED) is 0.564. The number of carbonyl (C=O) groups excluding carboxylic acids is 2. The Labute approximate surface area is 103 Å². The normalized spacial score (nSPS) is 12.4. The van der Waals surface area contributed by atoms with E-state index in [4.69, 9.17) is 4.74 Å². The van der Waals surface area contributed by atoms with E-state index in [-0.39, 0.29) is 11.6 Å². The molecule has 0 aliphatic carbocycles. The molecule has 4 heteroatoms. The lowest BCUT2D eigenvalue weighted by Crippen LogP contribution is -2.12. The number of hydrogen-bond donors (Lipinski definition) is 1. The third-order valence-corrected chi connectivity index (χ3v) is 2.65. The second-order valence-corrected chi connectivity index (χ2v) is 4.42. The molecule has 0 spiro atoms. The number of methoxy groups -OCH3 is 1. The Kier molecular flexibility index (Phi) is 9.96. The number of ketones is 2. The SMILES string of the molecule is COCCC(O)CCC(=O)CCCCC(C)=O. The first-order valence-corrected chi connectivity index (χ1v) is 6.24. The average Bonchev–Trinajstić information content (AvgIpc) is 2.29. The van der Waals surface area contributed by atoms with Gasteiger partial charge in [-0.2, -0.15) is 0 Å². The highest BCUT2D eigenvalue weighted by molar-refractivity contribution is 5.78. The molecule has 0 aliphatic heterocycles. The molecular weight excluding hydrogens is 220 g/mol. The van der Waals surface area contributed by atoms with Crippen LogP contribution in [0.15, 0.2) is 0 Å². The molecule has 0 bridgehead atoms. The van der Waals surface area contributed by atoms with Crippen molar-refractivity contribution >= 4 is 11.6 Å². The van der Waals surface area contributed by atoms with E-state index in [2.05, 4.69) is 0 Å². The fourth-order valence-electron chi connectivity index (χ4n) is 1.55. The summed E-state index contributed by atoms with van der Waals surface area (Å²) in [5.41, 5.74) is 0. The highest BCUT2D eigenvalue weighted by Gasteiger charge is 2.08. The number of rotatable bonds is 11. The monoisotopic (exact) mass is 244 g/mol. The summed E-state index contributed by atoms with van der Waals surface area (Å²) in [6.07, 6.45) is 3.69. The molecule has 0 fully saturated rings. The Morgan fingerprint density at radius 3 is 2.35 bits per heavy atom. The molecular formula is C13H24O4. The zero-order valence-corrected chi connectivity index (χ0v) is 10.9. The van der Waals surface area contributed by atoms with Crippen molar-refractivity contribution in [1.82, 2.24) is 0 Å². The van der Waals surface area contributed by atoms with Gasteiger partial charge in [0.25, 0.3) is 0 Å². The maximum atomic E-state index is 11.4. The van der Waals surface area contributed by atoms with Gasteiger partial charge in [-0.3, -0.25) is 4.79 Å². The highest BCUT2D eigenvalue weighted by Crippen LogP contribution is 2.07. The van der Waals surface area contributed by atoms with Gasteiger partial charge in [0, 0.05) is 33.0 Å². The summed E-state index contributed by atoms with van der Waals surface area (Å²) >= 11 is 0. The molecule has 0 radical (unpaired) electrons. The molecule has 100 valence electrons. The standard InChI is InChI=1S/C13H24O4/c1-11(14)5-3-4-6-12(15)7-8-13(16)9-10-17-2/h13,16H,3-10H2,1-2H3. The zero-order chi connectivity index (χ0) is 13.1. The second-order valence-electron chi connectivity index (χ2n) is 4.42. The number of ether oxygens (including phenoxy) is 1. The van der Waals surface area contributed by atoms with Crippen LogP contribution in [0.2, 0.25) is 0 Å². The number of unbranched alkanes of at least 4 members (excludes halogenated alkanes) is 1. The van der Waals surface area contributed by atoms with Crippen LogP contribution < -0.4 is 0 Å². The van der Waals surface area contributed by atoms with Gasteiger partial charge in [0.05, 0.1) is 6.10 Å². The maximum Gasteiger partial charge on any atom is 0.133 e. The van der Waals surface area contributed by atoms with E-state index < -0.39 is 6.10 Å². The summed E-state index contributed by atoms with van der Waals surface area (Å²) in [6.45, 7) is 2.09. The molecule has 0 aromatic carbocycles. The molecule has 17 heavy (non-hydrogen) atoms. The van der Waals surface area contributed by atoms with E-state index in [1.54, 1.807) is 14.0 Å². The van der Waals surface area contributed by atoms with Gasteiger partial charge >= 0.3 is 0 Å². The van der Waals surface area contributed by atoms with Gasteiger partial charge in [-0.1, -0.05) is 0 Å². The van der Waals surface area contributed by atoms with Crippen molar-refractivity contribution in [2.45, 2.75) is 58.0 Å². The lowest BCUT2D eigenvalue weighted by Gasteiger charge is -2.08. The predicted molar refractivity (Wildman–Crippen MR) is 65.9 cm³/mol. The van der Waals surface area contributed by atoms with E-state index in [1.165, 1.54) is 0 Å². The Bertz CT molecular complexity index is 225. The predicted octanol–water partition coefficient (Wildman–Crippen LogP) is 1.88. The summed E-state index contributed by atoms with van der Waals surface area (Å²) in [4.78, 5) is 22.1. The lowest BCUT2D eigenvalue weighted by atomic mass is 10.0. The molecule has 0 aromatic rings. The smallest absolute Gasteiger partial charge is 0.133 e. The van der Waals surface area contributed by atoms with Crippen LogP contribution in [0.4, 0.5) is 0 Å². The van der Waals surface area contributed by atoms with Crippen molar-refractivity contribution in [1.29, 1.82) is 0 Å². The first kappa shape index (κ1) is 16.3. The summed E-state index contributed by atoms with van der Waals surface area (Å²) in [5.74, 6) is 0.345. The van der Waals surface area contributed by atoms with E-state index in [0.717, 1.165) is 12.8 Å². The fourth-order valence-corrected chi connectivity index (χ4v) is 1.55. The molecule has 4 nitrogen and oxygen atoms in total. The third-order valence-electron chi connectivity index (χ3n) is 2.65. The molecule has 1 atom stereocenters. The molecule has 0 heterocycles. The van der Waals surface area contributed by atoms with Gasteiger partial charge in [-0.25, -0.2) is 0 Å². The number of aliphatic hydroxyl groups is 1. The van der Waals surface area contributed by atoms with Gasteiger partial charge in [0.2, 0.25) is 0 Å². The molecule has 0 aliphatic rings. The molecule has 0 rings (SSSR count). The van der Waals surface area contributed by atoms with Crippen LogP contribution >= 0.6 is 0 Å². The first-order valence-electron chi connectivity index (χ1n) is 6.24. The molecule has 1 unspecified atom stereocenters. The average molecular weight is 244 g/mol. The van der Waals surface area contributed by atoms with Crippen molar-refractivity contribution < 1.29 is 19.4 Å². The van der Waals surface area contributed by atoms with Crippen LogP contribution in [0.3, 0.4) is 0 Å². The molecule has 0 aromatic heterocycles. The Hall–Kier alpha value is -0.740. The molecule has 0 amide bonds. The van der Waals surface area contributed by atoms with Crippen molar-refractivity contribution in [2.24, 2.45) is 0 Å². The summed E-state index contributed by atoms with van der Waals surface area (Å²) in [7, 11) is 1.59. The topological polar surface area (TPSA) is 63.6 Å². The van der Waals surface area contributed by atoms with Gasteiger partial charge < -0.3 is 14.6 Å². The number of aliphatic hydroxyl groups excluding tert-OH is 1. The number of carbonyl (C=O) groups is 2. The minimum atomic E-state index is -0.448. The molecule has 0 saturated heterocycles. The minimum absolute atomic E-state index is 0.171. The minimum Gasteiger partial charge on any atom is -0.393 e. The Balaban J connectivity index is 3.42. The van der Waals surface area contributed by atoms with Gasteiger partial charge in [-0.15, -0.1) is 0 Å². The zero-order valence-electron chi connectivity index (χ0n) is 10.9. The highest BCUT2D eigenvalue weighted by atomic mass is 16.5. The molecule has 0 saturated carbocycles. The third kappa shape index (κ3) is 11.5. The lowest BCUT2D eigenvalue weighted by molar-refractivity contribution is -0.120. The van der Waals surface area contributed by atoms with Crippen molar-refractivity contribution in [3.8, 4) is 0 Å². The van der Waals surface area contributed by atoms with Crippen LogP contribution in [0, 0.1) is 0 Å². The van der Waals surface area contributed by atoms with E-state index in [1.807, 2.05) is 0 Å². The van der Waals surface area contributed by atoms with E-state index >= 15 is 0 Å². The van der Waals surface area contributed by atoms with Crippen molar-refractivity contribution in [3.05, 3.63) is 0 Å². The van der Waals surface area contributed by atoms with Gasteiger partial charge in [0.1, 0.15) is 11.6 Å². The van der Waals surface area contributed by atoms with Crippen LogP contribution in [-0.2, 0) is 14.3 Å². The van der Waals surface area contributed by atoms with Crippen LogP contribution in [-0.4, -0.2) is 36.5 Å². The van der Waals surface area contributed by atoms with Crippen LogP contribution in [0.25, 0.3) is 0 Å². The van der Waals surface area contributed by atoms with E-state index in [0.29, 0.717) is 38.7 Å². The Morgan fingerprint density at radius 1 is 1.12 bits per heavy atom. The van der Waals surface area contributed by atoms with Gasteiger partial charge in [-0.05, 0) is 32.6 Å². The summed E-state index contributed by atoms with van der Waals surface area (Å²) in [6, 6.07) is 0. The maximum absolute atomic E-state index is 11.4. The second kappa shape index (κ2) is 10.4. The van der Waals surface area contributed by atoms with Crippen LogP contribution in [0.5, 0.6) is 0 Å². The van der Waals surface area contributed by atoms with E-state index in [9.17, 15) is 14.7 Å². The summed E-state index contributed by atoms with van der Waals surface area (Å²) < 4.78 is 4.84. The summed E-state index contributed by atoms with van der Waals surface area (Å²) in [5, 5.41) is 9.50. The van der Waals surface area contributed by atoms with Crippen molar-refractivity contribution in [2.75, 3.05) is 13.7 Å². The van der Waals surface area contributed by atoms with Crippen molar-refractivity contribution in [3.63, 3.8) is 0 Å². The van der Waals surface area contributed by atoms with Crippen LogP contribution in [0.1, 0.15) is 51.9 Å². The van der Waals surface area contributed by atoms with Gasteiger partial charge in [0.15, 0.2) is 0 Å². The number of hydrogen-bond acceptors (Lipinski definition) is 4. The molecule has 1 N–H and O–H groups in total. The fraction of sp³-hybridized carbons (Fsp3) is 0.846.